The Morgan fingerprint density at radius 1 is 1.18 bits per heavy atom. The quantitative estimate of drug-likeness (QED) is 0.406. The van der Waals surface area contributed by atoms with E-state index in [1.54, 1.807) is 12.1 Å². The van der Waals surface area contributed by atoms with Crippen molar-refractivity contribution in [1.82, 2.24) is 0 Å². The third-order valence-corrected chi connectivity index (χ3v) is 12.4. The Labute approximate surface area is 199 Å². The van der Waals surface area contributed by atoms with Crippen molar-refractivity contribution in [1.29, 1.82) is 5.26 Å². The molecule has 2 aromatic rings. The number of fused-ring (bicyclic) bond motifs is 2. The van der Waals surface area contributed by atoms with E-state index in [9.17, 15) is 9.65 Å². The highest BCUT2D eigenvalue weighted by atomic mass is 35.5. The van der Waals surface area contributed by atoms with Crippen LogP contribution in [0.15, 0.2) is 24.3 Å². The van der Waals surface area contributed by atoms with E-state index < -0.39 is 32.6 Å². The molecule has 0 N–H and O–H groups in total. The molecule has 0 spiro atoms. The molecule has 0 saturated carbocycles. The van der Waals surface area contributed by atoms with E-state index in [2.05, 4.69) is 6.07 Å². The summed E-state index contributed by atoms with van der Waals surface area (Å²) < 4.78 is 51.3. The molecule has 0 radical (unpaired) electrons. The lowest BCUT2D eigenvalue weighted by Gasteiger charge is -2.40. The molecular weight excluding hydrogens is 463 g/mol. The first-order chi connectivity index (χ1) is 15.3. The molecule has 0 bridgehead atoms. The monoisotopic (exact) mass is 491 g/mol. The summed E-state index contributed by atoms with van der Waals surface area (Å²) in [6.07, 6.45) is 0.325. The largest absolute Gasteiger partial charge is 0.404 e. The molecule has 7 heteroatoms. The molecule has 0 aromatic heterocycles. The zero-order valence-corrected chi connectivity index (χ0v) is 21.4. The minimum Gasteiger partial charge on any atom is -0.404 e. The predicted octanol–water partition coefficient (Wildman–Crippen LogP) is 8.07. The van der Waals surface area contributed by atoms with E-state index in [0.717, 1.165) is 23.1 Å². The van der Waals surface area contributed by atoms with Crippen molar-refractivity contribution in [3.8, 4) is 6.07 Å². The smallest absolute Gasteiger partial charge is 0.280 e. The van der Waals surface area contributed by atoms with Crippen LogP contribution in [-0.4, -0.2) is 14.2 Å². The second kappa shape index (κ2) is 8.15. The van der Waals surface area contributed by atoms with Crippen molar-refractivity contribution in [2.75, 3.05) is 0 Å². The van der Waals surface area contributed by atoms with Gasteiger partial charge in [0.25, 0.3) is 5.92 Å². The highest BCUT2D eigenvalue weighted by Crippen LogP contribution is 2.54. The maximum atomic E-state index is 15.5. The molecule has 0 saturated heterocycles. The summed E-state index contributed by atoms with van der Waals surface area (Å²) in [5.74, 6) is -3.78. The predicted molar refractivity (Wildman–Crippen MR) is 127 cm³/mol. The van der Waals surface area contributed by atoms with Crippen LogP contribution in [0.3, 0.4) is 0 Å². The van der Waals surface area contributed by atoms with Gasteiger partial charge in [-0.05, 0) is 77.8 Å². The maximum absolute atomic E-state index is 15.5. The van der Waals surface area contributed by atoms with Crippen LogP contribution in [0.4, 0.5) is 13.2 Å². The summed E-state index contributed by atoms with van der Waals surface area (Å²) in [5, 5.41) is 9.73. The molecule has 0 aliphatic heterocycles. The van der Waals surface area contributed by atoms with Gasteiger partial charge in [0.05, 0.1) is 11.6 Å². The topological polar surface area (TPSA) is 33.0 Å². The average molecular weight is 492 g/mol. The van der Waals surface area contributed by atoms with E-state index in [1.165, 1.54) is 12.1 Å². The number of nitriles is 1. The zero-order valence-electron chi connectivity index (χ0n) is 19.7. The van der Waals surface area contributed by atoms with Crippen molar-refractivity contribution in [3.63, 3.8) is 0 Å². The summed E-state index contributed by atoms with van der Waals surface area (Å²) >= 11 is 6.53. The van der Waals surface area contributed by atoms with Gasteiger partial charge in [0.2, 0.25) is 0 Å². The van der Waals surface area contributed by atoms with Gasteiger partial charge in [0.15, 0.2) is 8.32 Å². The fourth-order valence-corrected chi connectivity index (χ4v) is 6.46. The minimum atomic E-state index is -3.09. The van der Waals surface area contributed by atoms with E-state index in [1.807, 2.05) is 33.9 Å². The van der Waals surface area contributed by atoms with Gasteiger partial charge in [0.1, 0.15) is 11.9 Å². The summed E-state index contributed by atoms with van der Waals surface area (Å²) in [4.78, 5) is 0. The first-order valence-electron chi connectivity index (χ1n) is 11.4. The molecular formula is C26H29ClF3NOSi. The number of aryl methyl sites for hydroxylation is 1. The highest BCUT2D eigenvalue weighted by molar-refractivity contribution is 6.74. The SMILES string of the molecule is CC(C)(C)[Si](C)(C)O[C@H]1c2c(Cl)ccc(C3CCCc4cc(F)cc(C#N)c43)c2CC1(F)F. The van der Waals surface area contributed by atoms with Crippen molar-refractivity contribution < 1.29 is 17.6 Å². The van der Waals surface area contributed by atoms with Gasteiger partial charge in [-0.3, -0.25) is 0 Å². The third kappa shape index (κ3) is 4.13. The van der Waals surface area contributed by atoms with Crippen LogP contribution in [0.1, 0.15) is 79.0 Å². The van der Waals surface area contributed by atoms with Gasteiger partial charge < -0.3 is 4.43 Å². The second-order valence-corrected chi connectivity index (χ2v) is 16.0. The Bertz CT molecular complexity index is 1150. The molecule has 4 rings (SSSR count). The summed E-state index contributed by atoms with van der Waals surface area (Å²) in [6.45, 7) is 9.99. The van der Waals surface area contributed by atoms with Crippen molar-refractivity contribution in [3.05, 3.63) is 68.5 Å². The van der Waals surface area contributed by atoms with Crippen LogP contribution in [0.25, 0.3) is 0 Å². The number of hydrogen-bond acceptors (Lipinski definition) is 2. The molecule has 176 valence electrons. The van der Waals surface area contributed by atoms with E-state index in [0.29, 0.717) is 24.0 Å². The lowest BCUT2D eigenvalue weighted by molar-refractivity contribution is -0.0900. The fourth-order valence-electron chi connectivity index (χ4n) is 4.95. The van der Waals surface area contributed by atoms with Crippen molar-refractivity contribution in [2.45, 2.75) is 82.5 Å². The van der Waals surface area contributed by atoms with Crippen LogP contribution in [0, 0.1) is 17.1 Å². The summed E-state index contributed by atoms with van der Waals surface area (Å²) in [5.41, 5.74) is 3.45. The van der Waals surface area contributed by atoms with Gasteiger partial charge in [-0.15, -0.1) is 0 Å². The molecule has 0 heterocycles. The normalized spacial score (nSPS) is 21.9. The highest BCUT2D eigenvalue weighted by Gasteiger charge is 2.54. The molecule has 33 heavy (non-hydrogen) atoms. The number of hydrogen-bond donors (Lipinski definition) is 0. The Balaban J connectivity index is 1.86. The Morgan fingerprint density at radius 2 is 1.88 bits per heavy atom. The number of nitrogens with zero attached hydrogens (tertiary/aromatic N) is 1. The summed E-state index contributed by atoms with van der Waals surface area (Å²) in [6, 6.07) is 8.30. The summed E-state index contributed by atoms with van der Waals surface area (Å²) in [7, 11) is -2.51. The molecule has 2 nitrogen and oxygen atoms in total. The third-order valence-electron chi connectivity index (χ3n) is 7.63. The average Bonchev–Trinajstić information content (AvgIpc) is 2.97. The number of alkyl halides is 2. The number of rotatable bonds is 3. The fraction of sp³-hybridized carbons (Fsp3) is 0.500. The first kappa shape index (κ1) is 24.3. The second-order valence-electron chi connectivity index (χ2n) is 10.8. The molecule has 2 aromatic carbocycles. The number of benzene rings is 2. The lowest BCUT2D eigenvalue weighted by atomic mass is 9.75. The Morgan fingerprint density at radius 3 is 2.52 bits per heavy atom. The van der Waals surface area contributed by atoms with Crippen molar-refractivity contribution in [2.24, 2.45) is 0 Å². The van der Waals surface area contributed by atoms with Gasteiger partial charge >= 0.3 is 0 Å². The van der Waals surface area contributed by atoms with E-state index >= 15 is 8.78 Å². The minimum absolute atomic E-state index is 0.232. The maximum Gasteiger partial charge on any atom is 0.280 e. The molecule has 0 amide bonds. The van der Waals surface area contributed by atoms with Gasteiger partial charge in [-0.25, -0.2) is 13.2 Å². The van der Waals surface area contributed by atoms with Crippen LogP contribution in [0.5, 0.6) is 0 Å². The zero-order chi connectivity index (χ0) is 24.3. The number of halogens is 4. The standard InChI is InChI=1S/C26H29ClF3NOSi/c1-25(2,3)33(4,5)32-24-23-20(13-26(24,29)30)18(9-10-21(23)27)19-8-6-7-15-11-17(28)12-16(14-31)22(15)19/h9-12,19,24H,6-8,13H2,1-5H3/t19?,24-/m0/s1. The van der Waals surface area contributed by atoms with Crippen LogP contribution in [-0.2, 0) is 17.3 Å². The Kier molecular flexibility index (Phi) is 6.00. The molecule has 1 unspecified atom stereocenters. The van der Waals surface area contributed by atoms with Gasteiger partial charge in [-0.1, -0.05) is 38.4 Å². The van der Waals surface area contributed by atoms with Gasteiger partial charge in [-0.2, -0.15) is 5.26 Å². The van der Waals surface area contributed by atoms with Crippen LogP contribution >= 0.6 is 11.6 Å². The van der Waals surface area contributed by atoms with Crippen LogP contribution < -0.4 is 0 Å². The molecule has 0 fully saturated rings. The Hall–Kier alpha value is -1.81. The van der Waals surface area contributed by atoms with Crippen molar-refractivity contribution >= 4 is 19.9 Å². The van der Waals surface area contributed by atoms with Gasteiger partial charge in [0, 0.05) is 22.9 Å². The van der Waals surface area contributed by atoms with E-state index in [-0.39, 0.29) is 21.5 Å². The van der Waals surface area contributed by atoms with Crippen LogP contribution in [0.2, 0.25) is 23.2 Å². The molecule has 2 aliphatic carbocycles. The first-order valence-corrected chi connectivity index (χ1v) is 14.6. The molecule has 2 atom stereocenters. The van der Waals surface area contributed by atoms with E-state index in [4.69, 9.17) is 16.0 Å². The lowest BCUT2D eigenvalue weighted by Crippen LogP contribution is -2.44. The molecule has 2 aliphatic rings.